The van der Waals surface area contributed by atoms with E-state index in [0.29, 0.717) is 21.3 Å². The molecule has 138 valence electrons. The average Bonchev–Trinajstić information content (AvgIpc) is 3.28. The Labute approximate surface area is 165 Å². The van der Waals surface area contributed by atoms with Crippen molar-refractivity contribution < 1.29 is 9.53 Å². The summed E-state index contributed by atoms with van der Waals surface area (Å²) in [6, 6.07) is 4.05. The van der Waals surface area contributed by atoms with Crippen molar-refractivity contribution in [2.45, 2.75) is 33.2 Å². The van der Waals surface area contributed by atoms with E-state index in [9.17, 15) is 4.79 Å². The highest BCUT2D eigenvalue weighted by molar-refractivity contribution is 7.19. The molecular weight excluding hydrogens is 390 g/mol. The van der Waals surface area contributed by atoms with E-state index in [0.717, 1.165) is 24.9 Å². The van der Waals surface area contributed by atoms with E-state index in [1.807, 2.05) is 10.6 Å². The van der Waals surface area contributed by atoms with Gasteiger partial charge in [-0.3, -0.25) is 5.32 Å². The molecule has 0 saturated heterocycles. The van der Waals surface area contributed by atoms with E-state index in [4.69, 9.17) is 16.3 Å². The van der Waals surface area contributed by atoms with Crippen molar-refractivity contribution in [3.05, 3.63) is 50.7 Å². The first-order valence-corrected chi connectivity index (χ1v) is 10.4. The van der Waals surface area contributed by atoms with E-state index in [1.54, 1.807) is 11.3 Å². The predicted octanol–water partition coefficient (Wildman–Crippen LogP) is 5.71. The Morgan fingerprint density at radius 3 is 2.92 bits per heavy atom. The lowest BCUT2D eigenvalue weighted by Crippen LogP contribution is -2.18. The number of nitrogens with one attached hydrogen (secondary N) is 1. The number of rotatable bonds is 7. The van der Waals surface area contributed by atoms with Crippen LogP contribution in [0.4, 0.5) is 9.93 Å². The number of amides is 1. The van der Waals surface area contributed by atoms with Gasteiger partial charge in [0.25, 0.3) is 0 Å². The normalized spacial score (nSPS) is 11.1. The zero-order valence-corrected chi connectivity index (χ0v) is 17.0. The molecule has 5 nitrogen and oxygen atoms in total. The molecule has 1 amide bonds. The number of halogens is 1. The molecule has 26 heavy (non-hydrogen) atoms. The van der Waals surface area contributed by atoms with E-state index in [2.05, 4.69) is 47.2 Å². The average molecular weight is 410 g/mol. The van der Waals surface area contributed by atoms with Gasteiger partial charge in [-0.1, -0.05) is 36.8 Å². The second kappa shape index (κ2) is 8.70. The maximum Gasteiger partial charge on any atom is 0.420 e. The smallest absolute Gasteiger partial charge is 0.393 e. The fraction of sp³-hybridized carbons (Fsp3) is 0.333. The van der Waals surface area contributed by atoms with Crippen LogP contribution in [-0.2, 0) is 19.4 Å². The van der Waals surface area contributed by atoms with Crippen LogP contribution in [-0.4, -0.2) is 15.6 Å². The highest BCUT2D eigenvalue weighted by Crippen LogP contribution is 2.24. The third-order valence-electron chi connectivity index (χ3n) is 3.66. The van der Waals surface area contributed by atoms with Gasteiger partial charge in [0.1, 0.15) is 4.34 Å². The van der Waals surface area contributed by atoms with Crippen LogP contribution in [0.15, 0.2) is 35.3 Å². The van der Waals surface area contributed by atoms with Gasteiger partial charge in [0.15, 0.2) is 5.13 Å². The zero-order valence-electron chi connectivity index (χ0n) is 14.6. The van der Waals surface area contributed by atoms with Gasteiger partial charge in [-0.25, -0.2) is 9.78 Å². The van der Waals surface area contributed by atoms with Crippen molar-refractivity contribution in [3.63, 3.8) is 0 Å². The number of hydrogen-bond donors (Lipinski definition) is 1. The van der Waals surface area contributed by atoms with Gasteiger partial charge in [-0.15, -0.1) is 0 Å². The zero-order chi connectivity index (χ0) is 18.5. The van der Waals surface area contributed by atoms with Crippen LogP contribution in [0.3, 0.4) is 0 Å². The minimum absolute atomic E-state index is 0.416. The Hall–Kier alpha value is -1.83. The molecule has 0 radical (unpaired) electrons. The van der Waals surface area contributed by atoms with Crippen molar-refractivity contribution >= 4 is 45.5 Å². The van der Waals surface area contributed by atoms with Crippen LogP contribution in [0.1, 0.15) is 25.0 Å². The Morgan fingerprint density at radius 1 is 1.42 bits per heavy atom. The molecule has 0 atom stereocenters. The van der Waals surface area contributed by atoms with Crippen molar-refractivity contribution in [3.8, 4) is 5.88 Å². The van der Waals surface area contributed by atoms with E-state index < -0.39 is 6.09 Å². The summed E-state index contributed by atoms with van der Waals surface area (Å²) in [5, 5.41) is 7.23. The van der Waals surface area contributed by atoms with Gasteiger partial charge in [0.2, 0.25) is 5.88 Å². The lowest BCUT2D eigenvalue weighted by molar-refractivity contribution is 0.211. The van der Waals surface area contributed by atoms with E-state index in [-0.39, 0.29) is 0 Å². The molecule has 3 heterocycles. The van der Waals surface area contributed by atoms with Crippen molar-refractivity contribution in [2.75, 3.05) is 5.32 Å². The summed E-state index contributed by atoms with van der Waals surface area (Å²) in [6.07, 6.45) is 4.81. The summed E-state index contributed by atoms with van der Waals surface area (Å²) in [5.41, 5.74) is 2.44. The molecular formula is C18H20ClN3O2S2. The summed E-state index contributed by atoms with van der Waals surface area (Å²) >= 11 is 8.71. The van der Waals surface area contributed by atoms with Crippen LogP contribution in [0, 0.1) is 5.92 Å². The lowest BCUT2D eigenvalue weighted by atomic mass is 10.1. The number of carbonyl (C=O) groups is 1. The Bertz CT molecular complexity index is 856. The number of thiazole rings is 1. The number of nitrogens with zero attached hydrogens (tertiary/aromatic N) is 2. The first-order valence-electron chi connectivity index (χ1n) is 8.30. The maximum absolute atomic E-state index is 12.2. The summed E-state index contributed by atoms with van der Waals surface area (Å²) in [7, 11) is 0. The number of hydrogen-bond acceptors (Lipinski definition) is 5. The van der Waals surface area contributed by atoms with Gasteiger partial charge in [0.05, 0.1) is 6.20 Å². The molecule has 0 unspecified atom stereocenters. The topological polar surface area (TPSA) is 56.1 Å². The Morgan fingerprint density at radius 2 is 2.27 bits per heavy atom. The molecule has 3 rings (SSSR count). The number of aromatic nitrogens is 2. The number of anilines is 1. The van der Waals surface area contributed by atoms with Crippen LogP contribution in [0.5, 0.6) is 5.88 Å². The van der Waals surface area contributed by atoms with Gasteiger partial charge in [-0.2, -0.15) is 11.3 Å². The molecule has 8 heteroatoms. The first-order chi connectivity index (χ1) is 12.5. The molecule has 3 aromatic heterocycles. The van der Waals surface area contributed by atoms with Gasteiger partial charge < -0.3 is 9.30 Å². The maximum atomic E-state index is 12.2. The number of thiophene rings is 1. The Kier molecular flexibility index (Phi) is 6.34. The lowest BCUT2D eigenvalue weighted by Gasteiger charge is -2.09. The highest BCUT2D eigenvalue weighted by Gasteiger charge is 2.14. The van der Waals surface area contributed by atoms with Crippen molar-refractivity contribution in [2.24, 2.45) is 5.92 Å². The number of aryl methyl sites for hydroxylation is 2. The fourth-order valence-electron chi connectivity index (χ4n) is 2.59. The molecule has 0 saturated carbocycles. The molecule has 0 bridgehead atoms. The number of ether oxygens (including phenoxy) is 1. The molecule has 0 fully saturated rings. The summed E-state index contributed by atoms with van der Waals surface area (Å²) < 4.78 is 8.03. The molecule has 0 aliphatic carbocycles. The van der Waals surface area contributed by atoms with Crippen molar-refractivity contribution in [1.29, 1.82) is 0 Å². The summed E-state index contributed by atoms with van der Waals surface area (Å²) in [4.78, 5) is 16.2. The van der Waals surface area contributed by atoms with Crippen LogP contribution < -0.4 is 10.1 Å². The van der Waals surface area contributed by atoms with Crippen LogP contribution in [0.2, 0.25) is 4.34 Å². The van der Waals surface area contributed by atoms with E-state index in [1.165, 1.54) is 23.1 Å². The predicted molar refractivity (Wildman–Crippen MR) is 108 cm³/mol. The van der Waals surface area contributed by atoms with Gasteiger partial charge in [0, 0.05) is 18.8 Å². The molecule has 0 aromatic carbocycles. The highest BCUT2D eigenvalue weighted by atomic mass is 35.5. The van der Waals surface area contributed by atoms with Crippen LogP contribution in [0.25, 0.3) is 0 Å². The molecule has 1 N–H and O–H groups in total. The number of carbonyl (C=O) groups excluding carboxylic acids is 1. The second-order valence-corrected chi connectivity index (χ2v) is 8.79. The van der Waals surface area contributed by atoms with Gasteiger partial charge >= 0.3 is 6.09 Å². The summed E-state index contributed by atoms with van der Waals surface area (Å²) in [5.74, 6) is 1.07. The van der Waals surface area contributed by atoms with Crippen molar-refractivity contribution in [1.82, 2.24) is 9.55 Å². The SMILES string of the molecule is CC(C)Cc1cc(OC(=O)Nc2ncc(Cl)s2)n(CCc2ccsc2)c1. The monoisotopic (exact) mass is 409 g/mol. The third kappa shape index (κ3) is 5.33. The minimum Gasteiger partial charge on any atom is -0.393 e. The van der Waals surface area contributed by atoms with Gasteiger partial charge in [-0.05, 0) is 46.7 Å². The minimum atomic E-state index is -0.568. The second-order valence-electron chi connectivity index (χ2n) is 6.34. The van der Waals surface area contributed by atoms with Crippen LogP contribution >= 0.6 is 34.3 Å². The Balaban J connectivity index is 1.70. The first kappa shape index (κ1) is 18.9. The standard InChI is InChI=1S/C18H20ClN3O2S2/c1-12(2)7-14-8-16(22(10-14)5-3-13-4-6-25-11-13)24-18(23)21-17-20-9-15(19)26-17/h4,6,8-12H,3,5,7H2,1-2H3,(H,20,21,23). The quantitative estimate of drug-likeness (QED) is 0.543. The third-order valence-corrected chi connectivity index (χ3v) is 5.43. The summed E-state index contributed by atoms with van der Waals surface area (Å²) in [6.45, 7) is 5.09. The largest absolute Gasteiger partial charge is 0.420 e. The van der Waals surface area contributed by atoms with E-state index >= 15 is 0 Å². The molecule has 0 aliphatic rings. The fourth-order valence-corrected chi connectivity index (χ4v) is 4.09. The molecule has 0 spiro atoms. The molecule has 3 aromatic rings. The molecule has 0 aliphatic heterocycles.